The molecule has 1 heterocycles. The fourth-order valence-corrected chi connectivity index (χ4v) is 3.55. The Bertz CT molecular complexity index is 1010. The van der Waals surface area contributed by atoms with E-state index in [0.29, 0.717) is 11.1 Å². The molecule has 0 aliphatic heterocycles. The lowest BCUT2D eigenvalue weighted by Gasteiger charge is -2.21. The number of amides is 1. The molecule has 6 heteroatoms. The van der Waals surface area contributed by atoms with Gasteiger partial charge < -0.3 is 14.4 Å². The van der Waals surface area contributed by atoms with E-state index in [-0.39, 0.29) is 5.91 Å². The maximum atomic E-state index is 13.2. The predicted octanol–water partition coefficient (Wildman–Crippen LogP) is 4.67. The Kier molecular flexibility index (Phi) is 7.03. The minimum Gasteiger partial charge on any atom is -0.497 e. The van der Waals surface area contributed by atoms with E-state index < -0.39 is 12.1 Å². The summed E-state index contributed by atoms with van der Waals surface area (Å²) < 4.78 is 10.9. The van der Waals surface area contributed by atoms with E-state index in [9.17, 15) is 9.59 Å². The highest BCUT2D eigenvalue weighted by Gasteiger charge is 2.28. The van der Waals surface area contributed by atoms with Crippen molar-refractivity contribution in [3.05, 3.63) is 88.1 Å². The smallest absolute Gasteiger partial charge is 0.340 e. The Hall–Kier alpha value is -3.38. The van der Waals surface area contributed by atoms with Crippen molar-refractivity contribution in [2.45, 2.75) is 6.10 Å². The van der Waals surface area contributed by atoms with Crippen molar-refractivity contribution in [1.82, 2.24) is 4.90 Å². The van der Waals surface area contributed by atoms with Gasteiger partial charge in [-0.05, 0) is 35.2 Å². The van der Waals surface area contributed by atoms with Crippen molar-refractivity contribution in [3.63, 3.8) is 0 Å². The van der Waals surface area contributed by atoms with Gasteiger partial charge in [-0.2, -0.15) is 0 Å². The average Bonchev–Trinajstić information content (AvgIpc) is 3.30. The van der Waals surface area contributed by atoms with Crippen LogP contribution in [0.5, 0.6) is 5.75 Å². The number of hydrogen-bond acceptors (Lipinski definition) is 5. The third-order valence-electron chi connectivity index (χ3n) is 4.43. The van der Waals surface area contributed by atoms with Gasteiger partial charge in [0.2, 0.25) is 6.10 Å². The molecule has 0 saturated carbocycles. The number of carbonyl (C=O) groups excluding carboxylic acids is 2. The first kappa shape index (κ1) is 21.3. The van der Waals surface area contributed by atoms with Gasteiger partial charge in [0.05, 0.1) is 12.7 Å². The second kappa shape index (κ2) is 9.89. The first-order chi connectivity index (χ1) is 14.5. The maximum Gasteiger partial charge on any atom is 0.340 e. The van der Waals surface area contributed by atoms with Gasteiger partial charge in [0.15, 0.2) is 0 Å². The van der Waals surface area contributed by atoms with E-state index in [2.05, 4.69) is 0 Å². The molecule has 0 N–H and O–H groups in total. The molecule has 154 valence electrons. The lowest BCUT2D eigenvalue weighted by Crippen LogP contribution is -2.31. The largest absolute Gasteiger partial charge is 0.497 e. The molecule has 0 unspecified atom stereocenters. The summed E-state index contributed by atoms with van der Waals surface area (Å²) in [6, 6.07) is 20.1. The molecule has 0 radical (unpaired) electrons. The third-order valence-corrected chi connectivity index (χ3v) is 5.33. The fraction of sp³-hybridized carbons (Fsp3) is 0.167. The second-order valence-electron chi connectivity index (χ2n) is 6.74. The molecule has 3 rings (SSSR count). The summed E-state index contributed by atoms with van der Waals surface area (Å²) in [6.07, 6.45) is 0.739. The van der Waals surface area contributed by atoms with Gasteiger partial charge in [-0.1, -0.05) is 48.5 Å². The van der Waals surface area contributed by atoms with E-state index in [1.54, 1.807) is 39.4 Å². The molecule has 3 aromatic rings. The number of hydrogen-bond donors (Lipinski definition) is 0. The zero-order chi connectivity index (χ0) is 21.5. The Morgan fingerprint density at radius 2 is 1.67 bits per heavy atom. The van der Waals surface area contributed by atoms with Crippen LogP contribution < -0.4 is 4.74 Å². The van der Waals surface area contributed by atoms with E-state index in [4.69, 9.17) is 9.47 Å². The molecule has 0 saturated heterocycles. The quantitative estimate of drug-likeness (QED) is 0.411. The lowest BCUT2D eigenvalue weighted by molar-refractivity contribution is -0.155. The molecule has 0 aliphatic carbocycles. The van der Waals surface area contributed by atoms with Crippen molar-refractivity contribution in [2.75, 3.05) is 21.2 Å². The summed E-state index contributed by atoms with van der Waals surface area (Å²) >= 11 is 1.43. The van der Waals surface area contributed by atoms with Crippen LogP contribution in [0.2, 0.25) is 0 Å². The minimum atomic E-state index is -1.02. The second-order valence-corrected chi connectivity index (χ2v) is 7.68. The molecule has 1 atom stereocenters. The minimum absolute atomic E-state index is 0.301. The number of carbonyl (C=O) groups is 2. The number of nitrogens with zero attached hydrogens (tertiary/aromatic N) is 1. The monoisotopic (exact) mass is 421 g/mol. The molecule has 0 aliphatic rings. The van der Waals surface area contributed by atoms with Crippen LogP contribution in [0.1, 0.15) is 22.1 Å². The fourth-order valence-electron chi connectivity index (χ4n) is 2.82. The predicted molar refractivity (Wildman–Crippen MR) is 119 cm³/mol. The zero-order valence-electron chi connectivity index (χ0n) is 17.1. The van der Waals surface area contributed by atoms with Gasteiger partial charge in [0, 0.05) is 24.5 Å². The Morgan fingerprint density at radius 3 is 2.23 bits per heavy atom. The standard InChI is InChI=1S/C24H23NO4S/c1-25(2)23(26)22(18-8-5-4-6-9-18)29-24(27)20(21-10-7-15-30-21)16-17-11-13-19(28-3)14-12-17/h4-16,22H,1-3H3/b20-16+/t22-/m1/s1. The average molecular weight is 422 g/mol. The van der Waals surface area contributed by atoms with Gasteiger partial charge >= 0.3 is 5.97 Å². The van der Waals surface area contributed by atoms with Crippen molar-refractivity contribution in [2.24, 2.45) is 0 Å². The molecule has 30 heavy (non-hydrogen) atoms. The van der Waals surface area contributed by atoms with Gasteiger partial charge in [0.1, 0.15) is 5.75 Å². The molecule has 5 nitrogen and oxygen atoms in total. The molecule has 1 amide bonds. The van der Waals surface area contributed by atoms with Crippen molar-refractivity contribution in [3.8, 4) is 5.75 Å². The van der Waals surface area contributed by atoms with Crippen LogP contribution in [0, 0.1) is 0 Å². The molecule has 0 bridgehead atoms. The van der Waals surface area contributed by atoms with E-state index in [1.165, 1.54) is 16.2 Å². The van der Waals surface area contributed by atoms with Crippen molar-refractivity contribution >= 4 is 34.9 Å². The Balaban J connectivity index is 1.95. The summed E-state index contributed by atoms with van der Waals surface area (Å²) in [5.74, 6) is -0.130. The van der Waals surface area contributed by atoms with Crippen molar-refractivity contribution in [1.29, 1.82) is 0 Å². The van der Waals surface area contributed by atoms with Crippen LogP contribution in [0.3, 0.4) is 0 Å². The number of benzene rings is 2. The van der Waals surface area contributed by atoms with Gasteiger partial charge in [-0.3, -0.25) is 4.79 Å². The molecular weight excluding hydrogens is 398 g/mol. The number of esters is 1. The third kappa shape index (κ3) is 5.15. The van der Waals surface area contributed by atoms with Crippen LogP contribution in [-0.2, 0) is 14.3 Å². The summed E-state index contributed by atoms with van der Waals surface area (Å²) in [5.41, 5.74) is 1.84. The zero-order valence-corrected chi connectivity index (χ0v) is 17.9. The van der Waals surface area contributed by atoms with Gasteiger partial charge in [0.25, 0.3) is 5.91 Å². The van der Waals surface area contributed by atoms with Crippen molar-refractivity contribution < 1.29 is 19.1 Å². The number of ether oxygens (including phenoxy) is 2. The summed E-state index contributed by atoms with van der Waals surface area (Å²) in [5, 5.41) is 1.89. The van der Waals surface area contributed by atoms with Crippen LogP contribution in [0.4, 0.5) is 0 Å². The summed E-state index contributed by atoms with van der Waals surface area (Å²) in [7, 11) is 4.88. The Labute approximate surface area is 180 Å². The van der Waals surface area contributed by atoms with Crippen LogP contribution >= 0.6 is 11.3 Å². The van der Waals surface area contributed by atoms with E-state index in [1.807, 2.05) is 60.0 Å². The number of rotatable bonds is 7. The van der Waals surface area contributed by atoms with Gasteiger partial charge in [-0.25, -0.2) is 4.79 Å². The van der Waals surface area contributed by atoms with E-state index >= 15 is 0 Å². The lowest BCUT2D eigenvalue weighted by atomic mass is 10.1. The molecule has 2 aromatic carbocycles. The number of likely N-dealkylation sites (N-methyl/N-ethyl adjacent to an activating group) is 1. The maximum absolute atomic E-state index is 13.2. The first-order valence-corrected chi connectivity index (χ1v) is 10.2. The normalized spacial score (nSPS) is 12.2. The highest BCUT2D eigenvalue weighted by molar-refractivity contribution is 7.11. The molecule has 0 spiro atoms. The van der Waals surface area contributed by atoms with Crippen LogP contribution in [0.25, 0.3) is 11.6 Å². The number of methoxy groups -OCH3 is 1. The Morgan fingerprint density at radius 1 is 0.967 bits per heavy atom. The highest BCUT2D eigenvalue weighted by atomic mass is 32.1. The summed E-state index contributed by atoms with van der Waals surface area (Å²) in [6.45, 7) is 0. The molecular formula is C24H23NO4S. The first-order valence-electron chi connectivity index (χ1n) is 9.36. The summed E-state index contributed by atoms with van der Waals surface area (Å²) in [4.78, 5) is 28.1. The molecule has 0 fully saturated rings. The highest BCUT2D eigenvalue weighted by Crippen LogP contribution is 2.28. The van der Waals surface area contributed by atoms with E-state index in [0.717, 1.165) is 16.2 Å². The van der Waals surface area contributed by atoms with Gasteiger partial charge in [-0.15, -0.1) is 11.3 Å². The van der Waals surface area contributed by atoms with Crippen LogP contribution in [-0.4, -0.2) is 38.0 Å². The molecule has 1 aromatic heterocycles. The topological polar surface area (TPSA) is 55.8 Å². The SMILES string of the molecule is COc1ccc(/C=C(/C(=O)O[C@@H](C(=O)N(C)C)c2ccccc2)c2cccs2)cc1. The number of thiophene rings is 1. The van der Waals surface area contributed by atoms with Crippen LogP contribution in [0.15, 0.2) is 72.1 Å².